The van der Waals surface area contributed by atoms with Crippen LogP contribution in [-0.4, -0.2) is 35.9 Å². The molecule has 0 amide bonds. The minimum Gasteiger partial charge on any atom is -0.480 e. The molecule has 0 saturated carbocycles. The summed E-state index contributed by atoms with van der Waals surface area (Å²) in [5.74, 6) is -0.815. The van der Waals surface area contributed by atoms with Crippen LogP contribution in [0.2, 0.25) is 0 Å². The Morgan fingerprint density at radius 2 is 2.07 bits per heavy atom. The molecule has 0 aromatic heterocycles. The fourth-order valence-corrected chi connectivity index (χ4v) is 1.04. The van der Waals surface area contributed by atoms with Gasteiger partial charge in [-0.15, -0.1) is 0 Å². The van der Waals surface area contributed by atoms with Gasteiger partial charge in [0.15, 0.2) is 0 Å². The third-order valence-electron chi connectivity index (χ3n) is 1.69. The lowest BCUT2D eigenvalue weighted by Crippen LogP contribution is -2.38. The first kappa shape index (κ1) is 13.4. The van der Waals surface area contributed by atoms with Gasteiger partial charge in [0.25, 0.3) is 0 Å². The lowest BCUT2D eigenvalue weighted by molar-refractivity contribution is -0.140. The summed E-state index contributed by atoms with van der Waals surface area (Å²) in [5, 5.41) is 11.7. The van der Waals surface area contributed by atoms with E-state index in [1.54, 1.807) is 0 Å². The number of carbonyl (C=O) groups is 1. The van der Waals surface area contributed by atoms with Crippen molar-refractivity contribution in [3.63, 3.8) is 0 Å². The zero-order chi connectivity index (χ0) is 11.2. The maximum Gasteiger partial charge on any atom is 0.320 e. The van der Waals surface area contributed by atoms with Crippen molar-refractivity contribution in [3.8, 4) is 0 Å². The van der Waals surface area contributed by atoms with Gasteiger partial charge in [-0.1, -0.05) is 6.92 Å². The number of hydrogen-bond acceptors (Lipinski definition) is 3. The summed E-state index contributed by atoms with van der Waals surface area (Å²) in [6, 6.07) is -0.498. The van der Waals surface area contributed by atoms with E-state index in [0.717, 1.165) is 0 Å². The normalized spacial score (nSPS) is 14.0. The van der Waals surface area contributed by atoms with Crippen molar-refractivity contribution in [1.82, 2.24) is 5.32 Å². The standard InChI is InChI=1S/C10H21NO3/c1-5-11-8(9(12)13)6-7-14-10(2,3)4/h8,11H,5-7H2,1-4H3,(H,12,13). The van der Waals surface area contributed by atoms with Crippen molar-refractivity contribution in [2.75, 3.05) is 13.2 Å². The molecule has 0 aliphatic heterocycles. The number of rotatable bonds is 6. The fraction of sp³-hybridized carbons (Fsp3) is 0.900. The summed E-state index contributed by atoms with van der Waals surface area (Å²) in [7, 11) is 0. The topological polar surface area (TPSA) is 58.6 Å². The molecule has 0 aliphatic carbocycles. The lowest BCUT2D eigenvalue weighted by atomic mass is 10.2. The maximum atomic E-state index is 10.7. The highest BCUT2D eigenvalue weighted by molar-refractivity contribution is 5.73. The highest BCUT2D eigenvalue weighted by atomic mass is 16.5. The number of carboxylic acid groups (broad SMARTS) is 1. The second kappa shape index (κ2) is 5.98. The minimum absolute atomic E-state index is 0.199. The van der Waals surface area contributed by atoms with E-state index in [1.807, 2.05) is 27.7 Å². The zero-order valence-corrected chi connectivity index (χ0v) is 9.46. The average Bonchev–Trinajstić information content (AvgIpc) is 2.00. The molecule has 0 spiro atoms. The first-order valence-corrected chi connectivity index (χ1v) is 4.97. The second-order valence-corrected chi connectivity index (χ2v) is 4.20. The van der Waals surface area contributed by atoms with Gasteiger partial charge in [-0.05, 0) is 33.7 Å². The molecule has 0 aliphatic rings. The molecule has 0 radical (unpaired) electrons. The molecule has 0 rings (SSSR count). The van der Waals surface area contributed by atoms with Crippen molar-refractivity contribution in [3.05, 3.63) is 0 Å². The molecule has 0 bridgehead atoms. The first-order chi connectivity index (χ1) is 6.37. The molecule has 0 aromatic rings. The van der Waals surface area contributed by atoms with E-state index >= 15 is 0 Å². The van der Waals surface area contributed by atoms with Crippen LogP contribution >= 0.6 is 0 Å². The van der Waals surface area contributed by atoms with Gasteiger partial charge in [0.2, 0.25) is 0 Å². The summed E-state index contributed by atoms with van der Waals surface area (Å²) >= 11 is 0. The van der Waals surface area contributed by atoms with E-state index in [1.165, 1.54) is 0 Å². The average molecular weight is 203 g/mol. The summed E-state index contributed by atoms with van der Waals surface area (Å²) in [6.45, 7) is 8.88. The Morgan fingerprint density at radius 1 is 1.50 bits per heavy atom. The van der Waals surface area contributed by atoms with Gasteiger partial charge >= 0.3 is 5.97 Å². The molecule has 0 heterocycles. The Balaban J connectivity index is 3.77. The van der Waals surface area contributed by atoms with Crippen molar-refractivity contribution in [2.24, 2.45) is 0 Å². The quantitative estimate of drug-likeness (QED) is 0.682. The van der Waals surface area contributed by atoms with E-state index in [-0.39, 0.29) is 5.60 Å². The maximum absolute atomic E-state index is 10.7. The van der Waals surface area contributed by atoms with Crippen LogP contribution in [0.1, 0.15) is 34.1 Å². The third kappa shape index (κ3) is 6.86. The van der Waals surface area contributed by atoms with Crippen LogP contribution in [0.25, 0.3) is 0 Å². The Bertz CT molecular complexity index is 175. The van der Waals surface area contributed by atoms with Crippen LogP contribution < -0.4 is 5.32 Å². The molecule has 0 aromatic carbocycles. The molecular formula is C10H21NO3. The van der Waals surface area contributed by atoms with Gasteiger partial charge in [-0.25, -0.2) is 0 Å². The Kier molecular flexibility index (Phi) is 5.72. The fourth-order valence-electron chi connectivity index (χ4n) is 1.04. The van der Waals surface area contributed by atoms with Gasteiger partial charge < -0.3 is 15.2 Å². The van der Waals surface area contributed by atoms with Crippen LogP contribution in [0.15, 0.2) is 0 Å². The highest BCUT2D eigenvalue weighted by Gasteiger charge is 2.17. The van der Waals surface area contributed by atoms with Gasteiger partial charge in [0, 0.05) is 6.61 Å². The monoisotopic (exact) mass is 203 g/mol. The minimum atomic E-state index is -0.815. The lowest BCUT2D eigenvalue weighted by Gasteiger charge is -2.21. The van der Waals surface area contributed by atoms with Crippen LogP contribution in [0.5, 0.6) is 0 Å². The van der Waals surface area contributed by atoms with Crippen molar-refractivity contribution in [1.29, 1.82) is 0 Å². The predicted octanol–water partition coefficient (Wildman–Crippen LogP) is 1.25. The number of carboxylic acids is 1. The third-order valence-corrected chi connectivity index (χ3v) is 1.69. The van der Waals surface area contributed by atoms with Gasteiger partial charge in [0.1, 0.15) is 6.04 Å². The van der Waals surface area contributed by atoms with Crippen LogP contribution in [0, 0.1) is 0 Å². The summed E-state index contributed by atoms with van der Waals surface area (Å²) in [6.07, 6.45) is 0.500. The SMILES string of the molecule is CCNC(CCOC(C)(C)C)C(=O)O. The highest BCUT2D eigenvalue weighted by Crippen LogP contribution is 2.07. The van der Waals surface area contributed by atoms with Crippen molar-refractivity contribution in [2.45, 2.75) is 45.8 Å². The summed E-state index contributed by atoms with van der Waals surface area (Å²) in [5.41, 5.74) is -0.199. The molecule has 1 unspecified atom stereocenters. The van der Waals surface area contributed by atoms with Crippen LogP contribution in [0.3, 0.4) is 0 Å². The smallest absolute Gasteiger partial charge is 0.320 e. The molecule has 4 heteroatoms. The number of hydrogen-bond donors (Lipinski definition) is 2. The van der Waals surface area contributed by atoms with Gasteiger partial charge in [-0.3, -0.25) is 4.79 Å². The van der Waals surface area contributed by atoms with Crippen molar-refractivity contribution >= 4 is 5.97 Å². The predicted molar refractivity (Wildman–Crippen MR) is 55.4 cm³/mol. The van der Waals surface area contributed by atoms with Gasteiger partial charge in [-0.2, -0.15) is 0 Å². The number of likely N-dealkylation sites (N-methyl/N-ethyl adjacent to an activating group) is 1. The van der Waals surface area contributed by atoms with E-state index in [4.69, 9.17) is 9.84 Å². The van der Waals surface area contributed by atoms with Crippen LogP contribution in [-0.2, 0) is 9.53 Å². The molecule has 14 heavy (non-hydrogen) atoms. The zero-order valence-electron chi connectivity index (χ0n) is 9.46. The number of nitrogens with one attached hydrogen (secondary N) is 1. The van der Waals surface area contributed by atoms with E-state index in [9.17, 15) is 4.79 Å². The Hall–Kier alpha value is -0.610. The van der Waals surface area contributed by atoms with E-state index < -0.39 is 12.0 Å². The molecule has 4 nitrogen and oxygen atoms in total. The molecule has 84 valence electrons. The van der Waals surface area contributed by atoms with Crippen LogP contribution in [0.4, 0.5) is 0 Å². The Morgan fingerprint density at radius 3 is 2.43 bits per heavy atom. The van der Waals surface area contributed by atoms with Crippen molar-refractivity contribution < 1.29 is 14.6 Å². The Labute approximate surface area is 85.6 Å². The molecule has 0 saturated heterocycles. The first-order valence-electron chi connectivity index (χ1n) is 4.97. The largest absolute Gasteiger partial charge is 0.480 e. The van der Waals surface area contributed by atoms with Gasteiger partial charge in [0.05, 0.1) is 5.60 Å². The molecular weight excluding hydrogens is 182 g/mol. The number of aliphatic carboxylic acids is 1. The molecule has 2 N–H and O–H groups in total. The van der Waals surface area contributed by atoms with E-state index in [0.29, 0.717) is 19.6 Å². The second-order valence-electron chi connectivity index (χ2n) is 4.20. The summed E-state index contributed by atoms with van der Waals surface area (Å²) in [4.78, 5) is 10.7. The molecule has 0 fully saturated rings. The van der Waals surface area contributed by atoms with E-state index in [2.05, 4.69) is 5.32 Å². The number of ether oxygens (including phenoxy) is 1. The molecule has 1 atom stereocenters. The summed E-state index contributed by atoms with van der Waals surface area (Å²) < 4.78 is 5.45.